The summed E-state index contributed by atoms with van der Waals surface area (Å²) in [5.41, 5.74) is 0.311. The predicted octanol–water partition coefficient (Wildman–Crippen LogP) is 5.17. The van der Waals surface area contributed by atoms with Gasteiger partial charge in [0.1, 0.15) is 11.5 Å². The maximum Gasteiger partial charge on any atom is 0.276 e. The smallest absolute Gasteiger partial charge is 0.276 e. The zero-order valence-electron chi connectivity index (χ0n) is 17.1. The van der Waals surface area contributed by atoms with E-state index in [1.807, 2.05) is 6.92 Å². The van der Waals surface area contributed by atoms with E-state index in [0.717, 1.165) is 4.31 Å². The second kappa shape index (κ2) is 9.85. The molecule has 0 atom stereocenters. The second-order valence-corrected chi connectivity index (χ2v) is 8.61. The largest absolute Gasteiger partial charge is 0.494 e. The molecule has 0 N–H and O–H groups in total. The van der Waals surface area contributed by atoms with Gasteiger partial charge in [0, 0.05) is 5.02 Å². The Morgan fingerprint density at radius 1 is 0.871 bits per heavy atom. The van der Waals surface area contributed by atoms with Crippen LogP contribution in [0.5, 0.6) is 11.5 Å². The minimum atomic E-state index is -4.25. The average molecular weight is 460 g/mol. The molecule has 31 heavy (non-hydrogen) atoms. The van der Waals surface area contributed by atoms with Crippen LogP contribution in [0.4, 0.5) is 5.69 Å². The van der Waals surface area contributed by atoms with Crippen LogP contribution < -0.4 is 13.8 Å². The Morgan fingerprint density at radius 3 is 2.10 bits per heavy atom. The quantitative estimate of drug-likeness (QED) is 0.464. The lowest BCUT2D eigenvalue weighted by Crippen LogP contribution is -2.37. The van der Waals surface area contributed by atoms with Gasteiger partial charge >= 0.3 is 0 Å². The van der Waals surface area contributed by atoms with Crippen molar-refractivity contribution in [1.82, 2.24) is 0 Å². The molecule has 3 aromatic carbocycles. The lowest BCUT2D eigenvalue weighted by molar-refractivity contribution is 0.100. The van der Waals surface area contributed by atoms with Crippen LogP contribution in [0.2, 0.25) is 5.02 Å². The number of para-hydroxylation sites is 1. The third-order valence-corrected chi connectivity index (χ3v) is 6.31. The molecule has 0 aromatic heterocycles. The van der Waals surface area contributed by atoms with E-state index < -0.39 is 15.9 Å². The van der Waals surface area contributed by atoms with Gasteiger partial charge in [-0.15, -0.1) is 0 Å². The highest BCUT2D eigenvalue weighted by Crippen LogP contribution is 2.30. The topological polar surface area (TPSA) is 72.9 Å². The number of halogens is 1. The standard InChI is InChI=1S/C23H22ClNO5S/c1-3-29-19-13-11-18(12-14-19)25(31(27,28)20-15-9-17(24)10-16-20)23(26)21-7-5-6-8-22(21)30-4-2/h5-16H,3-4H2,1-2H3. The number of nitrogens with zero attached hydrogens (tertiary/aromatic N) is 1. The van der Waals surface area contributed by atoms with Crippen LogP contribution >= 0.6 is 11.6 Å². The van der Waals surface area contributed by atoms with Gasteiger partial charge in [0.05, 0.1) is 29.4 Å². The Bertz CT molecular complexity index is 1150. The van der Waals surface area contributed by atoms with Crippen LogP contribution in [0, 0.1) is 0 Å². The van der Waals surface area contributed by atoms with E-state index in [1.165, 1.54) is 42.5 Å². The van der Waals surface area contributed by atoms with Crippen LogP contribution in [0.1, 0.15) is 24.2 Å². The molecule has 0 radical (unpaired) electrons. The van der Waals surface area contributed by atoms with Crippen LogP contribution in [0.3, 0.4) is 0 Å². The first-order valence-electron chi connectivity index (χ1n) is 9.68. The highest BCUT2D eigenvalue weighted by molar-refractivity contribution is 7.93. The number of carbonyl (C=O) groups excluding carboxylic acids is 1. The fraction of sp³-hybridized carbons (Fsp3) is 0.174. The first kappa shape index (κ1) is 22.7. The minimum Gasteiger partial charge on any atom is -0.494 e. The molecule has 8 heteroatoms. The van der Waals surface area contributed by atoms with Gasteiger partial charge in [-0.05, 0) is 74.5 Å². The Kier molecular flexibility index (Phi) is 7.20. The van der Waals surface area contributed by atoms with Crippen LogP contribution in [-0.2, 0) is 10.0 Å². The van der Waals surface area contributed by atoms with Gasteiger partial charge in [-0.25, -0.2) is 8.42 Å². The van der Waals surface area contributed by atoms with Gasteiger partial charge in [-0.3, -0.25) is 4.79 Å². The summed E-state index contributed by atoms with van der Waals surface area (Å²) in [6, 6.07) is 18.5. The number of amides is 1. The number of hydrogen-bond acceptors (Lipinski definition) is 5. The molecule has 0 spiro atoms. The molecule has 0 saturated carbocycles. The first-order valence-corrected chi connectivity index (χ1v) is 11.5. The summed E-state index contributed by atoms with van der Waals surface area (Å²) in [5, 5.41) is 0.389. The SMILES string of the molecule is CCOc1ccc(N(C(=O)c2ccccc2OCC)S(=O)(=O)c2ccc(Cl)cc2)cc1. The number of carbonyl (C=O) groups is 1. The Morgan fingerprint density at radius 2 is 1.48 bits per heavy atom. The van der Waals surface area contributed by atoms with E-state index in [-0.39, 0.29) is 16.1 Å². The minimum absolute atomic E-state index is 0.0620. The molecule has 1 amide bonds. The maximum absolute atomic E-state index is 13.5. The summed E-state index contributed by atoms with van der Waals surface area (Å²) in [6.07, 6.45) is 0. The number of hydrogen-bond donors (Lipinski definition) is 0. The summed E-state index contributed by atoms with van der Waals surface area (Å²) in [4.78, 5) is 13.5. The van der Waals surface area contributed by atoms with Gasteiger partial charge in [0.25, 0.3) is 15.9 Å². The number of rotatable bonds is 8. The van der Waals surface area contributed by atoms with E-state index >= 15 is 0 Å². The van der Waals surface area contributed by atoms with Gasteiger partial charge < -0.3 is 9.47 Å². The molecular formula is C23H22ClNO5S. The van der Waals surface area contributed by atoms with Crippen LogP contribution in [0.15, 0.2) is 77.7 Å². The summed E-state index contributed by atoms with van der Waals surface area (Å²) in [7, 11) is -4.25. The molecule has 3 rings (SSSR count). The van der Waals surface area contributed by atoms with E-state index in [0.29, 0.717) is 29.7 Å². The third-order valence-electron chi connectivity index (χ3n) is 4.34. The molecule has 0 aliphatic rings. The van der Waals surface area contributed by atoms with Crippen LogP contribution in [0.25, 0.3) is 0 Å². The number of ether oxygens (including phenoxy) is 2. The summed E-state index contributed by atoms with van der Waals surface area (Å²) < 4.78 is 38.8. The van der Waals surface area contributed by atoms with Crippen molar-refractivity contribution < 1.29 is 22.7 Å². The molecule has 0 fully saturated rings. The molecule has 3 aromatic rings. The van der Waals surface area contributed by atoms with E-state index in [4.69, 9.17) is 21.1 Å². The Hall–Kier alpha value is -3.03. The maximum atomic E-state index is 13.5. The summed E-state index contributed by atoms with van der Waals surface area (Å²) >= 11 is 5.91. The number of benzene rings is 3. The lowest BCUT2D eigenvalue weighted by atomic mass is 10.2. The molecule has 0 heterocycles. The monoisotopic (exact) mass is 459 g/mol. The summed E-state index contributed by atoms with van der Waals surface area (Å²) in [6.45, 7) is 4.43. The van der Waals surface area contributed by atoms with Crippen molar-refractivity contribution in [3.8, 4) is 11.5 Å². The van der Waals surface area contributed by atoms with Crippen molar-refractivity contribution in [2.24, 2.45) is 0 Å². The normalized spacial score (nSPS) is 11.1. The second-order valence-electron chi connectivity index (χ2n) is 6.38. The zero-order valence-corrected chi connectivity index (χ0v) is 18.7. The Labute approximate surface area is 187 Å². The first-order chi connectivity index (χ1) is 14.9. The van der Waals surface area contributed by atoms with Crippen molar-refractivity contribution in [3.05, 3.63) is 83.4 Å². The van der Waals surface area contributed by atoms with E-state index in [1.54, 1.807) is 37.3 Å². The molecule has 0 bridgehead atoms. The van der Waals surface area contributed by atoms with Gasteiger partial charge in [-0.2, -0.15) is 4.31 Å². The molecule has 6 nitrogen and oxygen atoms in total. The van der Waals surface area contributed by atoms with E-state index in [9.17, 15) is 13.2 Å². The fourth-order valence-corrected chi connectivity index (χ4v) is 4.49. The van der Waals surface area contributed by atoms with Crippen molar-refractivity contribution in [1.29, 1.82) is 0 Å². The van der Waals surface area contributed by atoms with Crippen molar-refractivity contribution in [3.63, 3.8) is 0 Å². The van der Waals surface area contributed by atoms with Crippen LogP contribution in [-0.4, -0.2) is 27.5 Å². The van der Waals surface area contributed by atoms with Crippen molar-refractivity contribution in [2.75, 3.05) is 17.5 Å². The summed E-state index contributed by atoms with van der Waals surface area (Å²) in [5.74, 6) is 0.137. The number of anilines is 1. The molecule has 0 saturated heterocycles. The molecular weight excluding hydrogens is 438 g/mol. The zero-order chi connectivity index (χ0) is 22.4. The lowest BCUT2D eigenvalue weighted by Gasteiger charge is -2.24. The highest BCUT2D eigenvalue weighted by atomic mass is 35.5. The number of sulfonamides is 1. The average Bonchev–Trinajstić information content (AvgIpc) is 2.76. The van der Waals surface area contributed by atoms with Gasteiger partial charge in [-0.1, -0.05) is 23.7 Å². The molecule has 0 aliphatic heterocycles. The highest BCUT2D eigenvalue weighted by Gasteiger charge is 2.33. The Balaban J connectivity index is 2.15. The molecule has 0 aliphatic carbocycles. The predicted molar refractivity (Wildman–Crippen MR) is 121 cm³/mol. The van der Waals surface area contributed by atoms with Crippen molar-refractivity contribution in [2.45, 2.75) is 18.7 Å². The fourth-order valence-electron chi connectivity index (χ4n) is 2.96. The van der Waals surface area contributed by atoms with Gasteiger partial charge in [0.2, 0.25) is 0 Å². The van der Waals surface area contributed by atoms with Gasteiger partial charge in [0.15, 0.2) is 0 Å². The molecule has 162 valence electrons. The van der Waals surface area contributed by atoms with E-state index in [2.05, 4.69) is 0 Å². The molecule has 0 unspecified atom stereocenters. The van der Waals surface area contributed by atoms with Crippen molar-refractivity contribution >= 4 is 33.2 Å². The third kappa shape index (κ3) is 5.00.